The van der Waals surface area contributed by atoms with E-state index in [0.717, 1.165) is 10.5 Å². The number of hydrogen-bond donors (Lipinski definition) is 2. The molecule has 1 fully saturated rings. The van der Waals surface area contributed by atoms with Crippen molar-refractivity contribution in [3.05, 3.63) is 63.4 Å². The summed E-state index contributed by atoms with van der Waals surface area (Å²) in [7, 11) is 0. The zero-order valence-electron chi connectivity index (χ0n) is 17.0. The molecule has 2 aromatic carbocycles. The number of nitrogens with zero attached hydrogens (tertiary/aromatic N) is 2. The first kappa shape index (κ1) is 21.8. The number of halogens is 2. The van der Waals surface area contributed by atoms with Gasteiger partial charge >= 0.3 is 6.09 Å². The maximum Gasteiger partial charge on any atom is 0.412 e. The lowest BCUT2D eigenvalue weighted by molar-refractivity contribution is -0.136. The number of imide groups is 1. The van der Waals surface area contributed by atoms with Crippen LogP contribution < -0.4 is 10.2 Å². The Kier molecular flexibility index (Phi) is 5.60. The van der Waals surface area contributed by atoms with Crippen LogP contribution in [-0.4, -0.2) is 39.9 Å². The molecule has 0 radical (unpaired) electrons. The number of carboxylic acid groups (broad SMARTS) is 1. The quantitative estimate of drug-likeness (QED) is 0.682. The Morgan fingerprint density at radius 1 is 1.25 bits per heavy atom. The Hall–Kier alpha value is -3.46. The van der Waals surface area contributed by atoms with Crippen molar-refractivity contribution in [2.75, 3.05) is 4.90 Å². The molecule has 1 saturated heterocycles. The molecule has 10 heteroatoms. The maximum atomic E-state index is 14.9. The molecule has 2 N–H and O–H groups in total. The fraction of sp³-hybridized carbons (Fsp3) is 0.273. The highest BCUT2D eigenvalue weighted by atomic mass is 35.5. The second-order valence-electron chi connectivity index (χ2n) is 7.86. The van der Waals surface area contributed by atoms with Crippen molar-refractivity contribution in [2.45, 2.75) is 38.9 Å². The van der Waals surface area contributed by atoms with Crippen molar-refractivity contribution >= 4 is 41.1 Å². The predicted octanol–water partition coefficient (Wildman–Crippen LogP) is 3.23. The molecule has 2 aliphatic rings. The van der Waals surface area contributed by atoms with Crippen LogP contribution >= 0.6 is 11.6 Å². The van der Waals surface area contributed by atoms with Gasteiger partial charge in [0.1, 0.15) is 11.9 Å². The van der Waals surface area contributed by atoms with Crippen molar-refractivity contribution in [3.63, 3.8) is 0 Å². The number of amides is 4. The highest BCUT2D eigenvalue weighted by Crippen LogP contribution is 2.31. The van der Waals surface area contributed by atoms with Crippen molar-refractivity contribution in [1.82, 2.24) is 10.2 Å². The average molecular weight is 460 g/mol. The van der Waals surface area contributed by atoms with E-state index >= 15 is 0 Å². The lowest BCUT2D eigenvalue weighted by Crippen LogP contribution is -2.52. The second kappa shape index (κ2) is 8.23. The minimum absolute atomic E-state index is 0.0808. The van der Waals surface area contributed by atoms with Gasteiger partial charge in [-0.3, -0.25) is 24.6 Å². The van der Waals surface area contributed by atoms with Gasteiger partial charge in [0.25, 0.3) is 5.91 Å². The summed E-state index contributed by atoms with van der Waals surface area (Å²) in [6.07, 6.45) is -1.000. The minimum atomic E-state index is -1.26. The summed E-state index contributed by atoms with van der Waals surface area (Å²) in [5, 5.41) is 12.2. The normalized spacial score (nSPS) is 17.9. The number of nitrogens with one attached hydrogen (secondary N) is 1. The maximum absolute atomic E-state index is 14.9. The number of piperidine rings is 1. The summed E-state index contributed by atoms with van der Waals surface area (Å²) in [5.74, 6) is -2.19. The van der Waals surface area contributed by atoms with E-state index in [9.17, 15) is 28.7 Å². The molecular weight excluding hydrogens is 441 g/mol. The van der Waals surface area contributed by atoms with Crippen LogP contribution in [-0.2, 0) is 22.7 Å². The molecule has 4 rings (SSSR count). The van der Waals surface area contributed by atoms with Crippen molar-refractivity contribution in [1.29, 1.82) is 0 Å². The van der Waals surface area contributed by atoms with E-state index < -0.39 is 35.7 Å². The molecule has 0 aromatic heterocycles. The third-order valence-electron chi connectivity index (χ3n) is 5.57. The molecule has 0 saturated carbocycles. The Morgan fingerprint density at radius 3 is 2.66 bits per heavy atom. The number of carbonyl (C=O) groups excluding carboxylic acids is 3. The first-order valence-corrected chi connectivity index (χ1v) is 10.3. The minimum Gasteiger partial charge on any atom is -0.465 e. The molecule has 1 unspecified atom stereocenters. The molecular formula is C22H19ClFN3O5. The Balaban J connectivity index is 1.62. The van der Waals surface area contributed by atoms with E-state index in [-0.39, 0.29) is 42.6 Å². The summed E-state index contributed by atoms with van der Waals surface area (Å²) in [4.78, 5) is 50.6. The molecule has 1 atom stereocenters. The van der Waals surface area contributed by atoms with Crippen LogP contribution in [0, 0.1) is 12.7 Å². The lowest BCUT2D eigenvalue weighted by atomic mass is 10.0. The van der Waals surface area contributed by atoms with Gasteiger partial charge in [0, 0.05) is 28.3 Å². The van der Waals surface area contributed by atoms with E-state index in [1.807, 2.05) is 0 Å². The number of aryl methyl sites for hydroxylation is 1. The Bertz CT molecular complexity index is 1150. The van der Waals surface area contributed by atoms with Crippen molar-refractivity contribution in [2.24, 2.45) is 0 Å². The zero-order valence-corrected chi connectivity index (χ0v) is 17.8. The molecule has 32 heavy (non-hydrogen) atoms. The van der Waals surface area contributed by atoms with Gasteiger partial charge in [0.15, 0.2) is 0 Å². The fourth-order valence-corrected chi connectivity index (χ4v) is 4.37. The van der Waals surface area contributed by atoms with Gasteiger partial charge in [-0.2, -0.15) is 0 Å². The number of benzene rings is 2. The third kappa shape index (κ3) is 4.03. The SMILES string of the molecule is Cc1cc(Cl)cc(N(Cc2cc(F)c3c(c2)C(=O)N(C2CCC(=O)NC2=O)C3)C(=O)O)c1. The highest BCUT2D eigenvalue weighted by molar-refractivity contribution is 6.31. The molecule has 2 heterocycles. The number of rotatable bonds is 4. The Morgan fingerprint density at radius 2 is 2.00 bits per heavy atom. The first-order valence-electron chi connectivity index (χ1n) is 9.87. The van der Waals surface area contributed by atoms with Crippen molar-refractivity contribution < 1.29 is 28.7 Å². The van der Waals surface area contributed by atoms with E-state index in [1.165, 1.54) is 23.1 Å². The molecule has 166 valence electrons. The predicted molar refractivity (Wildman–Crippen MR) is 113 cm³/mol. The number of fused-ring (bicyclic) bond motifs is 1. The van der Waals surface area contributed by atoms with Crippen molar-refractivity contribution in [3.8, 4) is 0 Å². The summed E-state index contributed by atoms with van der Waals surface area (Å²) < 4.78 is 14.9. The molecule has 0 aliphatic carbocycles. The first-order chi connectivity index (χ1) is 15.1. The highest BCUT2D eigenvalue weighted by Gasteiger charge is 2.40. The molecule has 0 bridgehead atoms. The van der Waals surface area contributed by atoms with Crippen LogP contribution in [0.25, 0.3) is 0 Å². The van der Waals surface area contributed by atoms with Gasteiger partial charge in [0.2, 0.25) is 11.8 Å². The van der Waals surface area contributed by atoms with Crippen LogP contribution in [0.2, 0.25) is 5.02 Å². The molecule has 2 aliphatic heterocycles. The number of anilines is 1. The smallest absolute Gasteiger partial charge is 0.412 e. The Labute approximate surface area is 187 Å². The average Bonchev–Trinajstić information content (AvgIpc) is 3.02. The van der Waals surface area contributed by atoms with Gasteiger partial charge < -0.3 is 10.0 Å². The van der Waals surface area contributed by atoms with Gasteiger partial charge in [-0.15, -0.1) is 0 Å². The number of hydrogen-bond acceptors (Lipinski definition) is 4. The monoisotopic (exact) mass is 459 g/mol. The van der Waals surface area contributed by atoms with Crippen LogP contribution in [0.3, 0.4) is 0 Å². The van der Waals surface area contributed by atoms with Crippen LogP contribution in [0.4, 0.5) is 14.9 Å². The molecule has 4 amide bonds. The van der Waals surface area contributed by atoms with Crippen LogP contribution in [0.1, 0.15) is 39.9 Å². The van der Waals surface area contributed by atoms with Gasteiger partial charge in [-0.1, -0.05) is 11.6 Å². The fourth-order valence-electron chi connectivity index (χ4n) is 4.09. The van der Waals surface area contributed by atoms with Gasteiger partial charge in [-0.05, 0) is 54.8 Å². The van der Waals surface area contributed by atoms with E-state index in [0.29, 0.717) is 10.7 Å². The largest absolute Gasteiger partial charge is 0.465 e. The second-order valence-corrected chi connectivity index (χ2v) is 8.30. The summed E-state index contributed by atoms with van der Waals surface area (Å²) in [5.41, 5.74) is 1.58. The molecule has 2 aromatic rings. The lowest BCUT2D eigenvalue weighted by Gasteiger charge is -2.29. The van der Waals surface area contributed by atoms with Crippen LogP contribution in [0.5, 0.6) is 0 Å². The summed E-state index contributed by atoms with van der Waals surface area (Å²) in [6, 6.07) is 6.58. The topological polar surface area (TPSA) is 107 Å². The summed E-state index contributed by atoms with van der Waals surface area (Å²) in [6.45, 7) is 1.47. The number of carbonyl (C=O) groups is 4. The van der Waals surface area contributed by atoms with E-state index in [1.54, 1.807) is 19.1 Å². The summed E-state index contributed by atoms with van der Waals surface area (Å²) >= 11 is 6.05. The van der Waals surface area contributed by atoms with Gasteiger partial charge in [0.05, 0.1) is 13.1 Å². The molecule has 8 nitrogen and oxygen atoms in total. The van der Waals surface area contributed by atoms with E-state index in [4.69, 9.17) is 11.6 Å². The molecule has 0 spiro atoms. The van der Waals surface area contributed by atoms with Gasteiger partial charge in [-0.25, -0.2) is 9.18 Å². The third-order valence-corrected chi connectivity index (χ3v) is 5.79. The van der Waals surface area contributed by atoms with Crippen LogP contribution in [0.15, 0.2) is 30.3 Å². The van der Waals surface area contributed by atoms with E-state index in [2.05, 4.69) is 5.32 Å². The zero-order chi connectivity index (χ0) is 23.2. The standard InChI is InChI=1S/C22H19ClFN3O5/c1-11-4-13(23)8-14(5-11)26(22(31)32)9-12-6-15-16(17(24)7-12)10-27(21(15)30)18-2-3-19(28)25-20(18)29/h4-8,18H,2-3,9-10H2,1H3,(H,31,32)(H,25,28,29).